The predicted octanol–water partition coefficient (Wildman–Crippen LogP) is 17.6. The topological polar surface area (TPSA) is 16.4 Å². The number of rotatable bonds is 5. The maximum Gasteiger partial charge on any atom is 0.143 e. The molecule has 0 saturated heterocycles. The van der Waals surface area contributed by atoms with E-state index >= 15 is 0 Å². The lowest BCUT2D eigenvalue weighted by Gasteiger charge is -2.29. The summed E-state index contributed by atoms with van der Waals surface area (Å²) in [6.45, 7) is 23.5. The summed E-state index contributed by atoms with van der Waals surface area (Å²) in [6, 6.07) is 61.3. The first-order chi connectivity index (χ1) is 30.5. The van der Waals surface area contributed by atoms with Crippen LogP contribution in [0.3, 0.4) is 0 Å². The molecule has 0 spiro atoms. The standard InChI is InChI=1S/C62H57NO/c1-59(2,3)40-26-32-50-53(35-40)62(9,10)55-36-41(60(4,5)6)34-51(57(50)55)39-24-29-43(30-25-39)63(44-31-33-47-46-16-11-13-20-52(46)61(7,8)54(47)37-44)42-27-22-38(23-28-42)45-18-15-19-49-48-17-12-14-21-56(48)64-58(45)49/h11-37H,1-10H3. The van der Waals surface area contributed by atoms with Crippen LogP contribution in [0.4, 0.5) is 17.1 Å². The van der Waals surface area contributed by atoms with Gasteiger partial charge in [0.25, 0.3) is 0 Å². The van der Waals surface area contributed by atoms with Gasteiger partial charge in [-0.2, -0.15) is 0 Å². The van der Waals surface area contributed by atoms with Gasteiger partial charge in [0.05, 0.1) is 0 Å². The molecule has 64 heavy (non-hydrogen) atoms. The average molecular weight is 832 g/mol. The highest BCUT2D eigenvalue weighted by Crippen LogP contribution is 2.55. The molecular formula is C62H57NO. The highest BCUT2D eigenvalue weighted by molar-refractivity contribution is 6.09. The molecule has 2 nitrogen and oxygen atoms in total. The molecule has 0 amide bonds. The van der Waals surface area contributed by atoms with E-state index in [4.69, 9.17) is 4.42 Å². The predicted molar refractivity (Wildman–Crippen MR) is 272 cm³/mol. The zero-order chi connectivity index (χ0) is 44.5. The van der Waals surface area contributed by atoms with Crippen molar-refractivity contribution in [1.29, 1.82) is 0 Å². The lowest BCUT2D eigenvalue weighted by molar-refractivity contribution is 0.580. The molecule has 0 N–H and O–H groups in total. The summed E-state index contributed by atoms with van der Waals surface area (Å²) in [7, 11) is 0. The first-order valence-corrected chi connectivity index (χ1v) is 23.0. The molecule has 0 bridgehead atoms. The van der Waals surface area contributed by atoms with Gasteiger partial charge in [-0.05, 0) is 132 Å². The van der Waals surface area contributed by atoms with E-state index in [0.29, 0.717) is 0 Å². The van der Waals surface area contributed by atoms with E-state index in [0.717, 1.165) is 50.1 Å². The lowest BCUT2D eigenvalue weighted by Crippen LogP contribution is -2.19. The van der Waals surface area contributed by atoms with Gasteiger partial charge in [0, 0.05) is 44.2 Å². The number of benzene rings is 8. The lowest BCUT2D eigenvalue weighted by atomic mass is 9.76. The van der Waals surface area contributed by atoms with E-state index in [1.54, 1.807) is 0 Å². The Hall–Kier alpha value is -6.64. The third-order valence-electron chi connectivity index (χ3n) is 14.6. The molecule has 0 atom stereocenters. The molecule has 8 aromatic carbocycles. The Morgan fingerprint density at radius 2 is 0.922 bits per heavy atom. The second-order valence-electron chi connectivity index (χ2n) is 21.4. The Bertz CT molecular complexity index is 3320. The van der Waals surface area contributed by atoms with Crippen LogP contribution < -0.4 is 4.90 Å². The maximum atomic E-state index is 6.48. The molecule has 0 fully saturated rings. The van der Waals surface area contributed by atoms with Gasteiger partial charge >= 0.3 is 0 Å². The summed E-state index contributed by atoms with van der Waals surface area (Å²) in [5.74, 6) is 0. The van der Waals surface area contributed by atoms with Gasteiger partial charge in [-0.3, -0.25) is 0 Å². The number of fused-ring (bicyclic) bond motifs is 9. The van der Waals surface area contributed by atoms with Crippen LogP contribution in [0.1, 0.15) is 103 Å². The normalized spacial score (nSPS) is 14.7. The van der Waals surface area contributed by atoms with E-state index in [1.807, 2.05) is 6.07 Å². The van der Waals surface area contributed by atoms with Gasteiger partial charge in [0.15, 0.2) is 0 Å². The fourth-order valence-corrected chi connectivity index (χ4v) is 10.8. The van der Waals surface area contributed by atoms with Gasteiger partial charge in [0.1, 0.15) is 11.2 Å². The minimum Gasteiger partial charge on any atom is -0.455 e. The number of para-hydroxylation sites is 2. The van der Waals surface area contributed by atoms with Gasteiger partial charge in [0.2, 0.25) is 0 Å². The SMILES string of the molecule is CC(C)(C)c1ccc2c(c1)C(C)(C)c1cc(C(C)(C)C)cc(-c3ccc(N(c4ccc(-c5cccc6c5oc5ccccc56)cc4)c4ccc5c(c4)C(C)(C)c4ccccc4-5)cc3)c1-2. The molecule has 0 radical (unpaired) electrons. The van der Waals surface area contributed by atoms with Crippen molar-refractivity contribution in [1.82, 2.24) is 0 Å². The van der Waals surface area contributed by atoms with Crippen molar-refractivity contribution in [2.45, 2.75) is 90.9 Å². The second-order valence-corrected chi connectivity index (χ2v) is 21.4. The summed E-state index contributed by atoms with van der Waals surface area (Å²) in [4.78, 5) is 2.43. The minimum absolute atomic E-state index is 0.00888. The van der Waals surface area contributed by atoms with Crippen LogP contribution in [-0.4, -0.2) is 0 Å². The van der Waals surface area contributed by atoms with Crippen molar-refractivity contribution in [3.05, 3.63) is 197 Å². The van der Waals surface area contributed by atoms with Gasteiger partial charge in [-0.1, -0.05) is 184 Å². The quantitative estimate of drug-likeness (QED) is 0.172. The van der Waals surface area contributed by atoms with Crippen LogP contribution in [-0.2, 0) is 21.7 Å². The summed E-state index contributed by atoms with van der Waals surface area (Å²) in [5.41, 5.74) is 23.5. The number of hydrogen-bond acceptors (Lipinski definition) is 2. The second kappa shape index (κ2) is 13.9. The number of furan rings is 1. The van der Waals surface area contributed by atoms with Gasteiger partial charge in [-0.15, -0.1) is 0 Å². The van der Waals surface area contributed by atoms with E-state index in [9.17, 15) is 0 Å². The average Bonchev–Trinajstić information content (AvgIpc) is 3.86. The Balaban J connectivity index is 1.05. The molecule has 1 heterocycles. The molecular weight excluding hydrogens is 775 g/mol. The summed E-state index contributed by atoms with van der Waals surface area (Å²) in [5, 5.41) is 2.28. The van der Waals surface area contributed by atoms with E-state index < -0.39 is 0 Å². The molecule has 11 rings (SSSR count). The number of anilines is 3. The fourth-order valence-electron chi connectivity index (χ4n) is 10.8. The van der Waals surface area contributed by atoms with E-state index in [-0.39, 0.29) is 21.7 Å². The smallest absolute Gasteiger partial charge is 0.143 e. The Morgan fingerprint density at radius 3 is 1.62 bits per heavy atom. The monoisotopic (exact) mass is 831 g/mol. The minimum atomic E-state index is -0.123. The third-order valence-corrected chi connectivity index (χ3v) is 14.6. The zero-order valence-electron chi connectivity index (χ0n) is 38.9. The highest BCUT2D eigenvalue weighted by Gasteiger charge is 2.40. The van der Waals surface area contributed by atoms with Crippen LogP contribution in [0.5, 0.6) is 0 Å². The van der Waals surface area contributed by atoms with Crippen molar-refractivity contribution >= 4 is 39.0 Å². The molecule has 0 unspecified atom stereocenters. The molecule has 2 heteroatoms. The largest absolute Gasteiger partial charge is 0.455 e. The van der Waals surface area contributed by atoms with Crippen molar-refractivity contribution in [3.63, 3.8) is 0 Å². The number of nitrogens with zero attached hydrogens (tertiary/aromatic N) is 1. The van der Waals surface area contributed by atoms with Crippen molar-refractivity contribution < 1.29 is 4.42 Å². The highest BCUT2D eigenvalue weighted by atomic mass is 16.3. The van der Waals surface area contributed by atoms with Gasteiger partial charge < -0.3 is 9.32 Å². The van der Waals surface area contributed by atoms with Crippen LogP contribution in [0.25, 0.3) is 66.4 Å². The van der Waals surface area contributed by atoms with Gasteiger partial charge in [-0.25, -0.2) is 0 Å². The van der Waals surface area contributed by atoms with Crippen molar-refractivity contribution in [2.24, 2.45) is 0 Å². The molecule has 2 aliphatic carbocycles. The molecule has 1 aromatic heterocycles. The van der Waals surface area contributed by atoms with Crippen LogP contribution in [0.15, 0.2) is 168 Å². The van der Waals surface area contributed by atoms with Crippen LogP contribution in [0, 0.1) is 0 Å². The van der Waals surface area contributed by atoms with Crippen molar-refractivity contribution in [3.8, 4) is 44.5 Å². The molecule has 2 aliphatic rings. The van der Waals surface area contributed by atoms with Crippen LogP contribution in [0.2, 0.25) is 0 Å². The Kier molecular flexibility index (Phi) is 8.74. The molecule has 0 aliphatic heterocycles. The first kappa shape index (κ1) is 40.2. The molecule has 0 saturated carbocycles. The third kappa shape index (κ3) is 6.13. The zero-order valence-corrected chi connectivity index (χ0v) is 38.9. The van der Waals surface area contributed by atoms with E-state index in [1.165, 1.54) is 66.8 Å². The Morgan fingerprint density at radius 1 is 0.391 bits per heavy atom. The van der Waals surface area contributed by atoms with Crippen LogP contribution >= 0.6 is 0 Å². The van der Waals surface area contributed by atoms with E-state index in [2.05, 4.69) is 232 Å². The Labute approximate surface area is 379 Å². The first-order valence-electron chi connectivity index (χ1n) is 23.0. The summed E-state index contributed by atoms with van der Waals surface area (Å²) >= 11 is 0. The summed E-state index contributed by atoms with van der Waals surface area (Å²) in [6.07, 6.45) is 0. The fraction of sp³-hybridized carbons (Fsp3) is 0.226. The molecule has 9 aromatic rings. The number of hydrogen-bond donors (Lipinski definition) is 0. The molecule has 316 valence electrons. The maximum absolute atomic E-state index is 6.48. The summed E-state index contributed by atoms with van der Waals surface area (Å²) < 4.78 is 6.48. The van der Waals surface area contributed by atoms with Crippen molar-refractivity contribution in [2.75, 3.05) is 4.90 Å².